The largest absolute Gasteiger partial charge is 0.388 e. The van der Waals surface area contributed by atoms with Crippen molar-refractivity contribution in [2.75, 3.05) is 0 Å². The van der Waals surface area contributed by atoms with Crippen molar-refractivity contribution in [3.8, 4) is 0 Å². The number of aliphatic hydroxyl groups excluding tert-OH is 1. The van der Waals surface area contributed by atoms with E-state index >= 15 is 0 Å². The topological polar surface area (TPSA) is 38.0 Å². The Labute approximate surface area is 106 Å². The van der Waals surface area contributed by atoms with Crippen LogP contribution in [0.25, 0.3) is 0 Å². The van der Waals surface area contributed by atoms with Crippen molar-refractivity contribution >= 4 is 0 Å². The van der Waals surface area contributed by atoms with Crippen molar-refractivity contribution in [2.45, 2.75) is 32.4 Å². The molecule has 0 spiro atoms. The minimum atomic E-state index is -0.857. The molecule has 0 saturated heterocycles. The first-order valence-corrected chi connectivity index (χ1v) is 6.15. The molecule has 2 rings (SSSR count). The Morgan fingerprint density at radius 3 is 2.89 bits per heavy atom. The van der Waals surface area contributed by atoms with Gasteiger partial charge in [-0.1, -0.05) is 25.1 Å². The molecule has 1 aromatic heterocycles. The average molecular weight is 248 g/mol. The van der Waals surface area contributed by atoms with Crippen LogP contribution in [0.15, 0.2) is 36.7 Å². The molecule has 96 valence electrons. The van der Waals surface area contributed by atoms with Crippen LogP contribution in [-0.2, 0) is 13.0 Å². The number of aromatic nitrogens is 2. The molecule has 0 aliphatic heterocycles. The number of hydrogen-bond donors (Lipinski definition) is 1. The molecule has 0 aliphatic rings. The summed E-state index contributed by atoms with van der Waals surface area (Å²) >= 11 is 0. The van der Waals surface area contributed by atoms with Crippen molar-refractivity contribution in [1.29, 1.82) is 0 Å². The van der Waals surface area contributed by atoms with Crippen LogP contribution in [0.2, 0.25) is 0 Å². The fourth-order valence-electron chi connectivity index (χ4n) is 2.00. The molecule has 4 heteroatoms. The number of benzene rings is 1. The molecular weight excluding hydrogens is 231 g/mol. The van der Waals surface area contributed by atoms with Gasteiger partial charge in [-0.15, -0.1) is 0 Å². The van der Waals surface area contributed by atoms with E-state index < -0.39 is 6.10 Å². The molecule has 18 heavy (non-hydrogen) atoms. The summed E-state index contributed by atoms with van der Waals surface area (Å²) in [5.74, 6) is 0.409. The highest BCUT2D eigenvalue weighted by molar-refractivity contribution is 5.20. The van der Waals surface area contributed by atoms with E-state index in [2.05, 4.69) is 11.9 Å². The zero-order chi connectivity index (χ0) is 13.0. The van der Waals surface area contributed by atoms with Gasteiger partial charge in [0.2, 0.25) is 0 Å². The molecule has 2 aromatic rings. The molecule has 1 atom stereocenters. The number of halogens is 1. The number of aliphatic hydroxyl groups is 1. The molecule has 0 saturated carbocycles. The molecule has 0 amide bonds. The Balaban J connectivity index is 2.14. The van der Waals surface area contributed by atoms with Crippen molar-refractivity contribution < 1.29 is 9.50 Å². The van der Waals surface area contributed by atoms with Gasteiger partial charge in [0.15, 0.2) is 0 Å². The first-order chi connectivity index (χ1) is 8.72. The highest BCUT2D eigenvalue weighted by Crippen LogP contribution is 2.20. The van der Waals surface area contributed by atoms with E-state index in [4.69, 9.17) is 0 Å². The minimum absolute atomic E-state index is 0.323. The van der Waals surface area contributed by atoms with Crippen molar-refractivity contribution in [1.82, 2.24) is 9.55 Å². The normalized spacial score (nSPS) is 12.6. The number of imidazole rings is 1. The van der Waals surface area contributed by atoms with Gasteiger partial charge in [-0.25, -0.2) is 9.37 Å². The summed E-state index contributed by atoms with van der Waals surface area (Å²) < 4.78 is 15.5. The second kappa shape index (κ2) is 5.78. The molecule has 0 aliphatic carbocycles. The van der Waals surface area contributed by atoms with Crippen LogP contribution in [0.3, 0.4) is 0 Å². The molecule has 1 N–H and O–H groups in total. The van der Waals surface area contributed by atoms with Crippen molar-refractivity contribution in [3.63, 3.8) is 0 Å². The zero-order valence-corrected chi connectivity index (χ0v) is 10.4. The standard InChI is InChI=1S/C14H17FN2O/c1-2-8-17-9-7-16-14(17)10-13(18)11-5-3-4-6-12(11)15/h3-7,9,13,18H,2,8,10H2,1H3. The van der Waals surface area contributed by atoms with E-state index in [-0.39, 0.29) is 5.82 Å². The second-order valence-electron chi connectivity index (χ2n) is 4.28. The predicted molar refractivity (Wildman–Crippen MR) is 67.6 cm³/mol. The third-order valence-electron chi connectivity index (χ3n) is 2.91. The van der Waals surface area contributed by atoms with E-state index in [1.165, 1.54) is 6.07 Å². The molecule has 0 fully saturated rings. The van der Waals surface area contributed by atoms with Crippen molar-refractivity contribution in [2.24, 2.45) is 0 Å². The van der Waals surface area contributed by atoms with Gasteiger partial charge in [0.25, 0.3) is 0 Å². The van der Waals surface area contributed by atoms with Gasteiger partial charge in [0.1, 0.15) is 11.6 Å². The first-order valence-electron chi connectivity index (χ1n) is 6.15. The third-order valence-corrected chi connectivity index (χ3v) is 2.91. The number of aryl methyl sites for hydroxylation is 1. The fourth-order valence-corrected chi connectivity index (χ4v) is 2.00. The van der Waals surface area contributed by atoms with Crippen LogP contribution in [0.5, 0.6) is 0 Å². The Kier molecular flexibility index (Phi) is 4.10. The Hall–Kier alpha value is -1.68. The van der Waals surface area contributed by atoms with E-state index in [0.717, 1.165) is 18.8 Å². The maximum atomic E-state index is 13.5. The summed E-state index contributed by atoms with van der Waals surface area (Å²) in [5.41, 5.74) is 0.323. The summed E-state index contributed by atoms with van der Waals surface area (Å²) in [6, 6.07) is 6.30. The monoisotopic (exact) mass is 248 g/mol. The smallest absolute Gasteiger partial charge is 0.129 e. The maximum absolute atomic E-state index is 13.5. The minimum Gasteiger partial charge on any atom is -0.388 e. The van der Waals surface area contributed by atoms with Crippen LogP contribution in [0.4, 0.5) is 4.39 Å². The first kappa shape index (κ1) is 12.8. The molecule has 0 radical (unpaired) electrons. The van der Waals surface area contributed by atoms with Crippen LogP contribution in [0.1, 0.15) is 30.8 Å². The van der Waals surface area contributed by atoms with Crippen LogP contribution in [-0.4, -0.2) is 14.7 Å². The summed E-state index contributed by atoms with van der Waals surface area (Å²) in [6.07, 6.45) is 4.06. The quantitative estimate of drug-likeness (QED) is 0.883. The zero-order valence-electron chi connectivity index (χ0n) is 10.4. The lowest BCUT2D eigenvalue weighted by molar-refractivity contribution is 0.169. The van der Waals surface area contributed by atoms with E-state index in [9.17, 15) is 9.50 Å². The molecule has 1 aromatic carbocycles. The van der Waals surface area contributed by atoms with Gasteiger partial charge in [-0.2, -0.15) is 0 Å². The maximum Gasteiger partial charge on any atom is 0.129 e. The molecule has 3 nitrogen and oxygen atoms in total. The highest BCUT2D eigenvalue weighted by Gasteiger charge is 2.15. The van der Waals surface area contributed by atoms with Crippen LogP contribution >= 0.6 is 0 Å². The summed E-state index contributed by atoms with van der Waals surface area (Å²) in [7, 11) is 0. The lowest BCUT2D eigenvalue weighted by Crippen LogP contribution is -2.10. The van der Waals surface area contributed by atoms with Gasteiger partial charge in [0, 0.05) is 30.9 Å². The number of hydrogen-bond acceptors (Lipinski definition) is 2. The van der Waals surface area contributed by atoms with Gasteiger partial charge in [-0.05, 0) is 12.5 Å². The van der Waals surface area contributed by atoms with Gasteiger partial charge in [-0.3, -0.25) is 0 Å². The molecule has 0 bridgehead atoms. The highest BCUT2D eigenvalue weighted by atomic mass is 19.1. The number of nitrogens with zero attached hydrogens (tertiary/aromatic N) is 2. The number of rotatable bonds is 5. The fraction of sp³-hybridized carbons (Fsp3) is 0.357. The molecule has 1 heterocycles. The summed E-state index contributed by atoms with van der Waals surface area (Å²) in [6.45, 7) is 2.94. The van der Waals surface area contributed by atoms with Crippen LogP contribution in [0, 0.1) is 5.82 Å². The van der Waals surface area contributed by atoms with E-state index in [0.29, 0.717) is 12.0 Å². The van der Waals surface area contributed by atoms with Crippen LogP contribution < -0.4 is 0 Å². The Morgan fingerprint density at radius 2 is 2.17 bits per heavy atom. The molecular formula is C14H17FN2O. The SMILES string of the molecule is CCCn1ccnc1CC(O)c1ccccc1F. The van der Waals surface area contributed by atoms with E-state index in [1.807, 2.05) is 10.8 Å². The lowest BCUT2D eigenvalue weighted by Gasteiger charge is -2.13. The van der Waals surface area contributed by atoms with Gasteiger partial charge >= 0.3 is 0 Å². The van der Waals surface area contributed by atoms with E-state index in [1.54, 1.807) is 24.4 Å². The summed E-state index contributed by atoms with van der Waals surface area (Å²) in [4.78, 5) is 4.21. The molecule has 1 unspecified atom stereocenters. The average Bonchev–Trinajstić information content (AvgIpc) is 2.78. The Bertz CT molecular complexity index is 510. The lowest BCUT2D eigenvalue weighted by atomic mass is 10.1. The predicted octanol–water partition coefficient (Wildman–Crippen LogP) is 2.71. The van der Waals surface area contributed by atoms with Gasteiger partial charge in [0.05, 0.1) is 6.10 Å². The van der Waals surface area contributed by atoms with Crippen molar-refractivity contribution in [3.05, 3.63) is 53.9 Å². The Morgan fingerprint density at radius 1 is 1.39 bits per heavy atom. The third kappa shape index (κ3) is 2.76. The summed E-state index contributed by atoms with van der Waals surface area (Å²) in [5, 5.41) is 10.1. The second-order valence-corrected chi connectivity index (χ2v) is 4.28. The van der Waals surface area contributed by atoms with Gasteiger partial charge < -0.3 is 9.67 Å².